The van der Waals surface area contributed by atoms with Crippen molar-refractivity contribution in [2.75, 3.05) is 5.32 Å². The summed E-state index contributed by atoms with van der Waals surface area (Å²) >= 11 is 1.99. The van der Waals surface area contributed by atoms with Crippen LogP contribution >= 0.6 is 11.8 Å². The Morgan fingerprint density at radius 2 is 1.84 bits per heavy atom. The highest BCUT2D eigenvalue weighted by atomic mass is 32.2. The number of thioether (sulfide) groups is 1. The predicted octanol–water partition coefficient (Wildman–Crippen LogP) is 4.32. The number of rotatable bonds is 4. The lowest BCUT2D eigenvalue weighted by Crippen LogP contribution is -2.14. The summed E-state index contributed by atoms with van der Waals surface area (Å²) in [4.78, 5) is 13.2. The molecule has 0 bridgehead atoms. The summed E-state index contributed by atoms with van der Waals surface area (Å²) in [5.74, 6) is 0.994. The van der Waals surface area contributed by atoms with Crippen LogP contribution in [0.1, 0.15) is 39.0 Å². The van der Waals surface area contributed by atoms with E-state index in [4.69, 9.17) is 0 Å². The van der Waals surface area contributed by atoms with Crippen molar-refractivity contribution >= 4 is 23.4 Å². The maximum absolute atomic E-state index is 11.8. The van der Waals surface area contributed by atoms with Crippen molar-refractivity contribution in [3.05, 3.63) is 24.3 Å². The first-order valence-electron chi connectivity index (χ1n) is 7.30. The molecule has 0 spiro atoms. The smallest absolute Gasteiger partial charge is 0.227 e. The Labute approximate surface area is 119 Å². The molecule has 2 aliphatic rings. The molecule has 3 heteroatoms. The fraction of sp³-hybridized carbons (Fsp3) is 0.562. The van der Waals surface area contributed by atoms with Crippen LogP contribution in [0.4, 0.5) is 5.69 Å². The van der Waals surface area contributed by atoms with E-state index in [1.54, 1.807) is 0 Å². The number of amides is 1. The molecule has 0 unspecified atom stereocenters. The molecule has 2 nitrogen and oxygen atoms in total. The van der Waals surface area contributed by atoms with Gasteiger partial charge in [-0.15, -0.1) is 11.8 Å². The van der Waals surface area contributed by atoms with Crippen LogP contribution in [0.3, 0.4) is 0 Å². The molecule has 1 aromatic rings. The van der Waals surface area contributed by atoms with Gasteiger partial charge in [-0.2, -0.15) is 0 Å². The minimum atomic E-state index is 0.184. The molecule has 0 radical (unpaired) electrons. The summed E-state index contributed by atoms with van der Waals surface area (Å²) in [6.45, 7) is 2.13. The van der Waals surface area contributed by atoms with Crippen molar-refractivity contribution in [2.24, 2.45) is 11.8 Å². The van der Waals surface area contributed by atoms with Crippen LogP contribution in [0.25, 0.3) is 0 Å². The van der Waals surface area contributed by atoms with E-state index in [-0.39, 0.29) is 11.8 Å². The molecule has 2 aliphatic carbocycles. The Morgan fingerprint density at radius 3 is 2.42 bits per heavy atom. The van der Waals surface area contributed by atoms with E-state index in [0.717, 1.165) is 17.4 Å². The molecule has 1 aromatic carbocycles. The molecular formula is C16H21NOS. The molecule has 19 heavy (non-hydrogen) atoms. The molecular weight excluding hydrogens is 254 g/mol. The maximum atomic E-state index is 11.8. The van der Waals surface area contributed by atoms with Gasteiger partial charge in [-0.3, -0.25) is 4.79 Å². The fourth-order valence-electron chi connectivity index (χ4n) is 2.74. The highest BCUT2D eigenvalue weighted by molar-refractivity contribution is 8.00. The summed E-state index contributed by atoms with van der Waals surface area (Å²) in [6.07, 6.45) is 6.50. The molecule has 0 aliphatic heterocycles. The number of hydrogen-bond acceptors (Lipinski definition) is 2. The molecule has 0 aromatic heterocycles. The normalized spacial score (nSPS) is 26.4. The Bertz CT molecular complexity index is 450. The van der Waals surface area contributed by atoms with Gasteiger partial charge < -0.3 is 5.32 Å². The quantitative estimate of drug-likeness (QED) is 0.887. The lowest BCUT2D eigenvalue weighted by molar-refractivity contribution is -0.117. The van der Waals surface area contributed by atoms with Gasteiger partial charge in [0.05, 0.1) is 0 Å². The molecule has 0 saturated heterocycles. The molecule has 2 fully saturated rings. The van der Waals surface area contributed by atoms with Gasteiger partial charge in [0.1, 0.15) is 0 Å². The second-order valence-corrected chi connectivity index (χ2v) is 7.23. The third-order valence-electron chi connectivity index (χ3n) is 4.17. The zero-order valence-electron chi connectivity index (χ0n) is 11.4. The number of anilines is 1. The Kier molecular flexibility index (Phi) is 3.83. The molecule has 2 atom stereocenters. The average Bonchev–Trinajstić information content (AvgIpc) is 2.92. The second-order valence-electron chi connectivity index (χ2n) is 5.86. The minimum Gasteiger partial charge on any atom is -0.326 e. The number of benzene rings is 1. The van der Waals surface area contributed by atoms with E-state index in [9.17, 15) is 4.79 Å². The van der Waals surface area contributed by atoms with Crippen molar-refractivity contribution in [1.82, 2.24) is 0 Å². The number of hydrogen-bond donors (Lipinski definition) is 1. The third kappa shape index (κ3) is 3.33. The summed E-state index contributed by atoms with van der Waals surface area (Å²) in [6, 6.07) is 8.33. The second kappa shape index (κ2) is 5.58. The van der Waals surface area contributed by atoms with Crippen LogP contribution in [0, 0.1) is 11.8 Å². The van der Waals surface area contributed by atoms with E-state index < -0.39 is 0 Å². The highest BCUT2D eigenvalue weighted by Gasteiger charge is 2.38. The standard InChI is InChI=1S/C16H21NOS/c1-11-10-15(11)16(18)17-12-6-8-14(9-7-12)19-13-4-2-3-5-13/h6-9,11,13,15H,2-5,10H2,1H3,(H,17,18)/t11-,15+/m0/s1. The topological polar surface area (TPSA) is 29.1 Å². The number of carbonyl (C=O) groups excluding carboxylic acids is 1. The van der Waals surface area contributed by atoms with Crippen molar-refractivity contribution in [2.45, 2.75) is 49.2 Å². The van der Waals surface area contributed by atoms with E-state index in [1.165, 1.54) is 30.6 Å². The largest absolute Gasteiger partial charge is 0.326 e. The van der Waals surface area contributed by atoms with Gasteiger partial charge in [-0.1, -0.05) is 19.8 Å². The van der Waals surface area contributed by atoms with Gasteiger partial charge in [0.15, 0.2) is 0 Å². The molecule has 1 N–H and O–H groups in total. The van der Waals surface area contributed by atoms with Gasteiger partial charge in [-0.25, -0.2) is 0 Å². The fourth-order valence-corrected chi connectivity index (χ4v) is 3.99. The first-order valence-corrected chi connectivity index (χ1v) is 8.18. The van der Waals surface area contributed by atoms with Crippen LogP contribution < -0.4 is 5.32 Å². The van der Waals surface area contributed by atoms with E-state index in [2.05, 4.69) is 24.4 Å². The molecule has 0 heterocycles. The monoisotopic (exact) mass is 275 g/mol. The lowest BCUT2D eigenvalue weighted by atomic mass is 10.3. The van der Waals surface area contributed by atoms with Crippen LogP contribution in [-0.2, 0) is 4.79 Å². The van der Waals surface area contributed by atoms with E-state index in [1.807, 2.05) is 23.9 Å². The minimum absolute atomic E-state index is 0.184. The van der Waals surface area contributed by atoms with Crippen molar-refractivity contribution in [3.8, 4) is 0 Å². The Hall–Kier alpha value is -0.960. The van der Waals surface area contributed by atoms with E-state index in [0.29, 0.717) is 5.92 Å². The highest BCUT2D eigenvalue weighted by Crippen LogP contribution is 2.39. The first-order chi connectivity index (χ1) is 9.22. The summed E-state index contributed by atoms with van der Waals surface area (Å²) in [5, 5.41) is 3.81. The summed E-state index contributed by atoms with van der Waals surface area (Å²) in [5.41, 5.74) is 0.930. The van der Waals surface area contributed by atoms with Crippen molar-refractivity contribution in [1.29, 1.82) is 0 Å². The Balaban J connectivity index is 1.54. The Morgan fingerprint density at radius 1 is 1.21 bits per heavy atom. The molecule has 3 rings (SSSR count). The third-order valence-corrected chi connectivity index (χ3v) is 5.52. The van der Waals surface area contributed by atoms with Gasteiger partial charge in [-0.05, 0) is 49.4 Å². The zero-order valence-corrected chi connectivity index (χ0v) is 12.2. The van der Waals surface area contributed by atoms with Crippen LogP contribution in [0.2, 0.25) is 0 Å². The molecule has 102 valence electrons. The molecule has 2 saturated carbocycles. The first kappa shape index (κ1) is 13.0. The molecule has 1 amide bonds. The zero-order chi connectivity index (χ0) is 13.2. The average molecular weight is 275 g/mol. The lowest BCUT2D eigenvalue weighted by Gasteiger charge is -2.09. The predicted molar refractivity (Wildman–Crippen MR) is 80.5 cm³/mol. The van der Waals surface area contributed by atoms with Gasteiger partial charge in [0.25, 0.3) is 0 Å². The van der Waals surface area contributed by atoms with Crippen LogP contribution in [0.15, 0.2) is 29.2 Å². The van der Waals surface area contributed by atoms with Crippen LogP contribution in [0.5, 0.6) is 0 Å². The van der Waals surface area contributed by atoms with Gasteiger partial charge in [0, 0.05) is 21.8 Å². The SMILES string of the molecule is C[C@H]1C[C@H]1C(=O)Nc1ccc(SC2CCCC2)cc1. The van der Waals surface area contributed by atoms with Crippen molar-refractivity contribution < 1.29 is 4.79 Å². The maximum Gasteiger partial charge on any atom is 0.227 e. The van der Waals surface area contributed by atoms with Crippen molar-refractivity contribution in [3.63, 3.8) is 0 Å². The summed E-state index contributed by atoms with van der Waals surface area (Å²) < 4.78 is 0. The van der Waals surface area contributed by atoms with Gasteiger partial charge >= 0.3 is 0 Å². The number of carbonyl (C=O) groups is 1. The van der Waals surface area contributed by atoms with Crippen LogP contribution in [-0.4, -0.2) is 11.2 Å². The summed E-state index contributed by atoms with van der Waals surface area (Å²) in [7, 11) is 0. The van der Waals surface area contributed by atoms with Gasteiger partial charge in [0.2, 0.25) is 5.91 Å². The number of nitrogens with one attached hydrogen (secondary N) is 1. The van der Waals surface area contributed by atoms with E-state index >= 15 is 0 Å².